The van der Waals surface area contributed by atoms with Crippen LogP contribution in [0.1, 0.15) is 18.1 Å². The van der Waals surface area contributed by atoms with Gasteiger partial charge in [0.15, 0.2) is 23.9 Å². The van der Waals surface area contributed by atoms with E-state index in [1.54, 1.807) is 0 Å². The lowest BCUT2D eigenvalue weighted by atomic mass is 10.1. The first kappa shape index (κ1) is 14.8. The lowest BCUT2D eigenvalue weighted by Gasteiger charge is -1.98. The van der Waals surface area contributed by atoms with Crippen LogP contribution in [0.3, 0.4) is 0 Å². The maximum Gasteiger partial charge on any atom is 0.231 e. The van der Waals surface area contributed by atoms with E-state index in [0.717, 1.165) is 23.6 Å². The van der Waals surface area contributed by atoms with Crippen LogP contribution >= 0.6 is 0 Å². The molecule has 2 aromatic rings. The maximum atomic E-state index is 5.36. The summed E-state index contributed by atoms with van der Waals surface area (Å²) >= 11 is 0. The molecule has 0 saturated heterocycles. The Bertz CT molecular complexity index is 608. The second kappa shape index (κ2) is 6.74. The molecule has 3 rings (SSSR count). The predicted molar refractivity (Wildman–Crippen MR) is 73.8 cm³/mol. The summed E-state index contributed by atoms with van der Waals surface area (Å²) in [7, 11) is 0. The van der Waals surface area contributed by atoms with Crippen molar-refractivity contribution < 1.29 is 38.0 Å². The Balaban J connectivity index is 0.00000147. The molecule has 20 heavy (non-hydrogen) atoms. The molecular formula is C16H16INO2. The zero-order valence-corrected chi connectivity index (χ0v) is 13.4. The second-order valence-corrected chi connectivity index (χ2v) is 4.41. The molecule has 0 N–H and O–H groups in total. The molecule has 3 nitrogen and oxygen atoms in total. The van der Waals surface area contributed by atoms with Crippen molar-refractivity contribution >= 4 is 12.2 Å². The van der Waals surface area contributed by atoms with E-state index in [1.807, 2.05) is 18.2 Å². The van der Waals surface area contributed by atoms with Gasteiger partial charge in [-0.05, 0) is 30.2 Å². The normalized spacial score (nSPS) is 12.4. The van der Waals surface area contributed by atoms with Crippen molar-refractivity contribution in [2.24, 2.45) is 0 Å². The van der Waals surface area contributed by atoms with Gasteiger partial charge in [-0.15, -0.1) is 0 Å². The Morgan fingerprint density at radius 2 is 1.70 bits per heavy atom. The highest BCUT2D eigenvalue weighted by molar-refractivity contribution is 5.70. The summed E-state index contributed by atoms with van der Waals surface area (Å²) in [5.74, 6) is 1.64. The average Bonchev–Trinajstić information content (AvgIpc) is 2.93. The van der Waals surface area contributed by atoms with Crippen LogP contribution in [0, 0.1) is 0 Å². The van der Waals surface area contributed by atoms with Gasteiger partial charge >= 0.3 is 0 Å². The zero-order valence-electron chi connectivity index (χ0n) is 11.3. The SMILES string of the molecule is CC[n+]1ccc(/C=C/c2ccc3c(c2)OCO3)cc1.[I-]. The summed E-state index contributed by atoms with van der Waals surface area (Å²) in [4.78, 5) is 0. The number of hydrogen-bond donors (Lipinski definition) is 0. The maximum absolute atomic E-state index is 5.36. The summed E-state index contributed by atoms with van der Waals surface area (Å²) in [6, 6.07) is 10.2. The molecule has 0 radical (unpaired) electrons. The molecule has 0 fully saturated rings. The van der Waals surface area contributed by atoms with Gasteiger partial charge in [0.1, 0.15) is 6.54 Å². The molecule has 1 aliphatic rings. The number of fused-ring (bicyclic) bond motifs is 1. The Hall–Kier alpha value is -1.56. The van der Waals surface area contributed by atoms with Gasteiger partial charge in [0, 0.05) is 12.1 Å². The van der Waals surface area contributed by atoms with Crippen molar-refractivity contribution in [3.05, 3.63) is 53.9 Å². The van der Waals surface area contributed by atoms with E-state index in [0.29, 0.717) is 6.79 Å². The number of halogens is 1. The quantitative estimate of drug-likeness (QED) is 0.548. The van der Waals surface area contributed by atoms with Crippen molar-refractivity contribution in [3.8, 4) is 11.5 Å². The van der Waals surface area contributed by atoms with Crippen LogP contribution in [-0.2, 0) is 6.54 Å². The van der Waals surface area contributed by atoms with Crippen LogP contribution in [0.25, 0.3) is 12.2 Å². The molecule has 0 atom stereocenters. The van der Waals surface area contributed by atoms with Gasteiger partial charge in [0.2, 0.25) is 6.79 Å². The number of aromatic nitrogens is 1. The van der Waals surface area contributed by atoms with Crippen LogP contribution in [0.5, 0.6) is 11.5 Å². The van der Waals surface area contributed by atoms with Gasteiger partial charge in [-0.3, -0.25) is 0 Å². The first-order chi connectivity index (χ1) is 9.35. The van der Waals surface area contributed by atoms with Crippen LogP contribution in [0.2, 0.25) is 0 Å². The number of hydrogen-bond acceptors (Lipinski definition) is 2. The highest BCUT2D eigenvalue weighted by atomic mass is 127. The van der Waals surface area contributed by atoms with Gasteiger partial charge in [-0.1, -0.05) is 18.2 Å². The van der Waals surface area contributed by atoms with E-state index in [4.69, 9.17) is 9.47 Å². The highest BCUT2D eigenvalue weighted by Crippen LogP contribution is 2.32. The minimum Gasteiger partial charge on any atom is -1.00 e. The molecule has 0 spiro atoms. The molecule has 0 amide bonds. The molecule has 0 bridgehead atoms. The third-order valence-corrected chi connectivity index (χ3v) is 3.15. The smallest absolute Gasteiger partial charge is 0.231 e. The van der Waals surface area contributed by atoms with Crippen molar-refractivity contribution in [1.29, 1.82) is 0 Å². The van der Waals surface area contributed by atoms with Crippen LogP contribution < -0.4 is 38.0 Å². The number of pyridine rings is 1. The summed E-state index contributed by atoms with van der Waals surface area (Å²) in [6.07, 6.45) is 8.34. The average molecular weight is 381 g/mol. The molecule has 1 aliphatic heterocycles. The fourth-order valence-electron chi connectivity index (χ4n) is 2.00. The van der Waals surface area contributed by atoms with Crippen molar-refractivity contribution in [2.45, 2.75) is 13.5 Å². The van der Waals surface area contributed by atoms with E-state index in [2.05, 4.69) is 48.2 Å². The Morgan fingerprint density at radius 3 is 2.45 bits per heavy atom. The van der Waals surface area contributed by atoms with Gasteiger partial charge in [0.25, 0.3) is 0 Å². The first-order valence-electron chi connectivity index (χ1n) is 6.42. The highest BCUT2D eigenvalue weighted by Gasteiger charge is 2.12. The lowest BCUT2D eigenvalue weighted by molar-refractivity contribution is -0.693. The van der Waals surface area contributed by atoms with E-state index in [1.165, 1.54) is 5.56 Å². The minimum atomic E-state index is 0. The molecule has 0 aliphatic carbocycles. The molecule has 0 saturated carbocycles. The van der Waals surface area contributed by atoms with Crippen molar-refractivity contribution in [2.75, 3.05) is 6.79 Å². The van der Waals surface area contributed by atoms with Crippen LogP contribution in [-0.4, -0.2) is 6.79 Å². The summed E-state index contributed by atoms with van der Waals surface area (Å²) in [6.45, 7) is 3.44. The summed E-state index contributed by atoms with van der Waals surface area (Å²) in [5.41, 5.74) is 2.29. The number of ether oxygens (including phenoxy) is 2. The largest absolute Gasteiger partial charge is 1.00 e. The zero-order chi connectivity index (χ0) is 13.1. The van der Waals surface area contributed by atoms with Gasteiger partial charge in [-0.2, -0.15) is 0 Å². The fourth-order valence-corrected chi connectivity index (χ4v) is 2.00. The third-order valence-electron chi connectivity index (χ3n) is 3.15. The van der Waals surface area contributed by atoms with E-state index < -0.39 is 0 Å². The van der Waals surface area contributed by atoms with Crippen molar-refractivity contribution in [3.63, 3.8) is 0 Å². The number of benzene rings is 1. The summed E-state index contributed by atoms with van der Waals surface area (Å²) in [5, 5.41) is 0. The van der Waals surface area contributed by atoms with Crippen molar-refractivity contribution in [1.82, 2.24) is 0 Å². The molecule has 1 aromatic carbocycles. The van der Waals surface area contributed by atoms with Crippen LogP contribution in [0.4, 0.5) is 0 Å². The Morgan fingerprint density at radius 1 is 1.00 bits per heavy atom. The van der Waals surface area contributed by atoms with Crippen LogP contribution in [0.15, 0.2) is 42.7 Å². The molecule has 2 heterocycles. The standard InChI is InChI=1S/C16H16NO2.HI/c1-2-17-9-7-13(8-10-17)3-4-14-5-6-15-16(11-14)19-12-18-15;/h3-11H,2,12H2,1H3;1H/q+1;/p-1/b4-3+;. The monoisotopic (exact) mass is 381 g/mol. The molecule has 104 valence electrons. The minimum absolute atomic E-state index is 0. The Kier molecular flexibility index (Phi) is 5.00. The Labute approximate surface area is 135 Å². The topological polar surface area (TPSA) is 22.3 Å². The molecule has 1 aromatic heterocycles. The van der Waals surface area contributed by atoms with E-state index in [-0.39, 0.29) is 24.0 Å². The molecular weight excluding hydrogens is 365 g/mol. The predicted octanol–water partition coefficient (Wildman–Crippen LogP) is -0.103. The van der Waals surface area contributed by atoms with Gasteiger partial charge < -0.3 is 33.5 Å². The van der Waals surface area contributed by atoms with E-state index >= 15 is 0 Å². The fraction of sp³-hybridized carbons (Fsp3) is 0.188. The number of aryl methyl sites for hydroxylation is 1. The lowest BCUT2D eigenvalue weighted by Crippen LogP contribution is -3.00. The first-order valence-corrected chi connectivity index (χ1v) is 6.42. The summed E-state index contributed by atoms with van der Waals surface area (Å²) < 4.78 is 12.8. The van der Waals surface area contributed by atoms with Gasteiger partial charge in [-0.25, -0.2) is 4.57 Å². The second-order valence-electron chi connectivity index (χ2n) is 4.41. The third kappa shape index (κ3) is 3.30. The van der Waals surface area contributed by atoms with Gasteiger partial charge in [0.05, 0.1) is 0 Å². The van der Waals surface area contributed by atoms with E-state index in [9.17, 15) is 0 Å². The molecule has 4 heteroatoms. The number of rotatable bonds is 3. The number of nitrogens with zero attached hydrogens (tertiary/aromatic N) is 1. The molecule has 0 unspecified atom stereocenters.